The molecule has 2 fully saturated rings. The van der Waals surface area contributed by atoms with E-state index in [0.717, 1.165) is 43.8 Å². The van der Waals surface area contributed by atoms with E-state index >= 15 is 0 Å². The molecule has 0 radical (unpaired) electrons. The number of furan rings is 1. The van der Waals surface area contributed by atoms with Crippen LogP contribution in [-0.4, -0.2) is 40.4 Å². The van der Waals surface area contributed by atoms with Gasteiger partial charge in [-0.05, 0) is 56.2 Å². The quantitative estimate of drug-likeness (QED) is 0.894. The molecule has 2 heterocycles. The highest BCUT2D eigenvalue weighted by Crippen LogP contribution is 2.37. The molecule has 2 N–H and O–H groups in total. The minimum atomic E-state index is -0.549. The number of benzene rings is 1. The summed E-state index contributed by atoms with van der Waals surface area (Å²) in [5, 5.41) is 21.0. The van der Waals surface area contributed by atoms with Crippen LogP contribution < -0.4 is 0 Å². The summed E-state index contributed by atoms with van der Waals surface area (Å²) in [5.74, 6) is 2.05. The van der Waals surface area contributed by atoms with Gasteiger partial charge in [-0.3, -0.25) is 4.90 Å². The molecular weight excluding hydrogens is 290 g/mol. The van der Waals surface area contributed by atoms with Gasteiger partial charge < -0.3 is 14.6 Å². The van der Waals surface area contributed by atoms with Crippen molar-refractivity contribution in [1.29, 1.82) is 0 Å². The molecule has 1 saturated heterocycles. The predicted octanol–water partition coefficient (Wildman–Crippen LogP) is 2.61. The molecule has 124 valence electrons. The monoisotopic (exact) mass is 315 g/mol. The van der Waals surface area contributed by atoms with Gasteiger partial charge in [0, 0.05) is 18.5 Å². The summed E-state index contributed by atoms with van der Waals surface area (Å²) in [4.78, 5) is 2.41. The number of aliphatic hydroxyl groups excluding tert-OH is 2. The maximum atomic E-state index is 9.88. The average molecular weight is 315 g/mol. The Bertz CT molecular complexity index is 705. The molecule has 4 atom stereocenters. The zero-order chi connectivity index (χ0) is 16.1. The van der Waals surface area contributed by atoms with Gasteiger partial charge in [0.1, 0.15) is 11.3 Å². The molecule has 1 aromatic carbocycles. The molecule has 1 aliphatic heterocycles. The number of rotatable bonds is 2. The number of hydrogen-bond donors (Lipinski definition) is 2. The van der Waals surface area contributed by atoms with Crippen LogP contribution in [0, 0.1) is 25.7 Å². The fourth-order valence-electron chi connectivity index (χ4n) is 4.37. The molecule has 0 amide bonds. The Labute approximate surface area is 136 Å². The Hall–Kier alpha value is -1.36. The first-order valence-corrected chi connectivity index (χ1v) is 8.58. The Kier molecular flexibility index (Phi) is 3.71. The third kappa shape index (κ3) is 2.69. The number of likely N-dealkylation sites (tertiary alicyclic amines) is 1. The normalized spacial score (nSPS) is 31.7. The van der Waals surface area contributed by atoms with Gasteiger partial charge in [0.15, 0.2) is 0 Å². The fraction of sp³-hybridized carbons (Fsp3) is 0.579. The first-order valence-electron chi connectivity index (χ1n) is 8.58. The lowest BCUT2D eigenvalue weighted by Gasteiger charge is -2.32. The maximum absolute atomic E-state index is 9.88. The van der Waals surface area contributed by atoms with Crippen LogP contribution in [0.3, 0.4) is 0 Å². The Morgan fingerprint density at radius 2 is 1.74 bits per heavy atom. The summed E-state index contributed by atoms with van der Waals surface area (Å²) in [6.45, 7) is 7.04. The van der Waals surface area contributed by atoms with E-state index in [0.29, 0.717) is 11.8 Å². The number of nitrogens with zero attached hydrogens (tertiary/aromatic N) is 1. The van der Waals surface area contributed by atoms with E-state index in [1.54, 1.807) is 0 Å². The van der Waals surface area contributed by atoms with Crippen LogP contribution in [0.15, 0.2) is 22.6 Å². The molecule has 2 aromatic rings. The van der Waals surface area contributed by atoms with E-state index in [9.17, 15) is 10.2 Å². The van der Waals surface area contributed by atoms with Crippen molar-refractivity contribution >= 4 is 11.0 Å². The standard InChI is InChI=1S/C19H25NO3/c1-11-3-4-18-15(5-11)12(2)19(23-18)10-20-8-13-6-16(21)17(22)7-14(13)9-20/h3-5,13-14,16-17,21-22H,6-10H2,1-2H3/t13-,14+,16+,17-. The van der Waals surface area contributed by atoms with Crippen LogP contribution in [0.5, 0.6) is 0 Å². The van der Waals surface area contributed by atoms with Crippen molar-refractivity contribution in [2.75, 3.05) is 13.1 Å². The Morgan fingerprint density at radius 3 is 2.39 bits per heavy atom. The molecular formula is C19H25NO3. The van der Waals surface area contributed by atoms with E-state index in [1.165, 1.54) is 16.5 Å². The van der Waals surface area contributed by atoms with Gasteiger partial charge in [-0.1, -0.05) is 11.6 Å². The zero-order valence-electron chi connectivity index (χ0n) is 13.8. The van der Waals surface area contributed by atoms with E-state index in [-0.39, 0.29) is 0 Å². The molecule has 4 nitrogen and oxygen atoms in total. The van der Waals surface area contributed by atoms with Crippen LogP contribution in [-0.2, 0) is 6.54 Å². The molecule has 1 aromatic heterocycles. The van der Waals surface area contributed by atoms with Crippen LogP contribution in [0.25, 0.3) is 11.0 Å². The molecule has 4 heteroatoms. The number of aryl methyl sites for hydroxylation is 2. The third-order valence-electron chi connectivity index (χ3n) is 5.74. The largest absolute Gasteiger partial charge is 0.459 e. The summed E-state index contributed by atoms with van der Waals surface area (Å²) in [6, 6.07) is 6.33. The summed E-state index contributed by atoms with van der Waals surface area (Å²) in [5.41, 5.74) is 3.45. The van der Waals surface area contributed by atoms with Crippen LogP contribution in [0.4, 0.5) is 0 Å². The SMILES string of the molecule is Cc1ccc2oc(CN3C[C@H]4C[C@H](O)[C@H](O)C[C@H]4C3)c(C)c2c1. The average Bonchev–Trinajstić information content (AvgIpc) is 3.02. The van der Waals surface area contributed by atoms with Crippen LogP contribution in [0.1, 0.15) is 29.7 Å². The van der Waals surface area contributed by atoms with E-state index in [4.69, 9.17) is 4.42 Å². The number of aliphatic hydroxyl groups is 2. The molecule has 2 aliphatic rings. The molecule has 0 bridgehead atoms. The molecule has 1 saturated carbocycles. The van der Waals surface area contributed by atoms with E-state index in [2.05, 4.69) is 36.9 Å². The lowest BCUT2D eigenvalue weighted by molar-refractivity contribution is -0.0372. The first kappa shape index (κ1) is 15.2. The van der Waals surface area contributed by atoms with Crippen molar-refractivity contribution in [3.8, 4) is 0 Å². The smallest absolute Gasteiger partial charge is 0.134 e. The van der Waals surface area contributed by atoms with E-state index in [1.807, 2.05) is 0 Å². The number of fused-ring (bicyclic) bond motifs is 2. The second kappa shape index (κ2) is 5.62. The van der Waals surface area contributed by atoms with Gasteiger partial charge in [-0.15, -0.1) is 0 Å². The predicted molar refractivity (Wildman–Crippen MR) is 89.2 cm³/mol. The summed E-state index contributed by atoms with van der Waals surface area (Å²) in [7, 11) is 0. The second-order valence-electron chi connectivity index (χ2n) is 7.47. The molecule has 23 heavy (non-hydrogen) atoms. The Morgan fingerprint density at radius 1 is 1.09 bits per heavy atom. The first-order chi connectivity index (χ1) is 11.0. The summed E-state index contributed by atoms with van der Waals surface area (Å²) in [6.07, 6.45) is 0.348. The van der Waals surface area contributed by atoms with Gasteiger partial charge in [0.2, 0.25) is 0 Å². The van der Waals surface area contributed by atoms with Gasteiger partial charge in [0.25, 0.3) is 0 Å². The highest BCUT2D eigenvalue weighted by atomic mass is 16.3. The lowest BCUT2D eigenvalue weighted by atomic mass is 9.79. The molecule has 4 rings (SSSR count). The minimum Gasteiger partial charge on any atom is -0.459 e. The minimum absolute atomic E-state index is 0.500. The molecule has 0 unspecified atom stereocenters. The van der Waals surface area contributed by atoms with Crippen molar-refractivity contribution in [1.82, 2.24) is 4.90 Å². The summed E-state index contributed by atoms with van der Waals surface area (Å²) < 4.78 is 6.07. The third-order valence-corrected chi connectivity index (χ3v) is 5.74. The molecule has 0 spiro atoms. The van der Waals surface area contributed by atoms with Crippen molar-refractivity contribution in [2.45, 2.75) is 45.4 Å². The summed E-state index contributed by atoms with van der Waals surface area (Å²) >= 11 is 0. The van der Waals surface area contributed by atoms with Crippen LogP contribution >= 0.6 is 0 Å². The van der Waals surface area contributed by atoms with Crippen molar-refractivity contribution < 1.29 is 14.6 Å². The van der Waals surface area contributed by atoms with Crippen molar-refractivity contribution in [3.63, 3.8) is 0 Å². The van der Waals surface area contributed by atoms with E-state index < -0.39 is 12.2 Å². The Balaban J connectivity index is 1.52. The highest BCUT2D eigenvalue weighted by molar-refractivity contribution is 5.82. The lowest BCUT2D eigenvalue weighted by Crippen LogP contribution is -2.38. The van der Waals surface area contributed by atoms with Crippen molar-refractivity contribution in [3.05, 3.63) is 35.1 Å². The van der Waals surface area contributed by atoms with Gasteiger partial charge >= 0.3 is 0 Å². The maximum Gasteiger partial charge on any atom is 0.134 e. The molecule has 1 aliphatic carbocycles. The zero-order valence-corrected chi connectivity index (χ0v) is 13.8. The number of hydrogen-bond acceptors (Lipinski definition) is 4. The van der Waals surface area contributed by atoms with Gasteiger partial charge in [-0.2, -0.15) is 0 Å². The second-order valence-corrected chi connectivity index (χ2v) is 7.47. The fourth-order valence-corrected chi connectivity index (χ4v) is 4.37. The van der Waals surface area contributed by atoms with Gasteiger partial charge in [-0.25, -0.2) is 0 Å². The van der Waals surface area contributed by atoms with Gasteiger partial charge in [0.05, 0.1) is 18.8 Å². The topological polar surface area (TPSA) is 56.8 Å². The highest BCUT2D eigenvalue weighted by Gasteiger charge is 2.41. The van der Waals surface area contributed by atoms with Crippen LogP contribution in [0.2, 0.25) is 0 Å². The van der Waals surface area contributed by atoms with Crippen molar-refractivity contribution in [2.24, 2.45) is 11.8 Å².